The van der Waals surface area contributed by atoms with Crippen LogP contribution in [0.3, 0.4) is 0 Å². The van der Waals surface area contributed by atoms with Crippen molar-refractivity contribution >= 4 is 6.05 Å². The molecule has 0 radical (unpaired) electrons. The summed E-state index contributed by atoms with van der Waals surface area (Å²) in [6, 6.07) is 10.1. The van der Waals surface area contributed by atoms with E-state index in [2.05, 4.69) is 0 Å². The van der Waals surface area contributed by atoms with Crippen LogP contribution in [0.5, 0.6) is 0 Å². The SMILES string of the molecule is [2H]CC/C=C(\[2H])c1ccccc1. The summed E-state index contributed by atoms with van der Waals surface area (Å²) in [5.41, 5.74) is 0.922. The van der Waals surface area contributed by atoms with Gasteiger partial charge in [-0.25, -0.2) is 0 Å². The highest BCUT2D eigenvalue weighted by atomic mass is 13.8. The predicted molar refractivity (Wildman–Crippen MR) is 45.8 cm³/mol. The maximum Gasteiger partial charge on any atom is 0.0626 e. The van der Waals surface area contributed by atoms with E-state index in [0.717, 1.165) is 5.56 Å². The number of hydrogen-bond donors (Lipinski definition) is 0. The van der Waals surface area contributed by atoms with Crippen LogP contribution in [0.15, 0.2) is 36.4 Å². The minimum absolute atomic E-state index is 0.356. The maximum atomic E-state index is 7.59. The maximum absolute atomic E-state index is 7.59. The van der Waals surface area contributed by atoms with Gasteiger partial charge in [0.05, 0.1) is 1.37 Å². The molecule has 1 rings (SSSR count). The summed E-state index contributed by atoms with van der Waals surface area (Å²) in [7, 11) is 0. The van der Waals surface area contributed by atoms with Crippen molar-refractivity contribution in [2.75, 3.05) is 0 Å². The number of rotatable bonds is 2. The Morgan fingerprint density at radius 3 is 3.00 bits per heavy atom. The molecule has 0 bridgehead atoms. The topological polar surface area (TPSA) is 0 Å². The Morgan fingerprint density at radius 1 is 1.50 bits per heavy atom. The van der Waals surface area contributed by atoms with Gasteiger partial charge in [-0.3, -0.25) is 0 Å². The van der Waals surface area contributed by atoms with Gasteiger partial charge in [-0.05, 0) is 12.0 Å². The quantitative estimate of drug-likeness (QED) is 0.583. The van der Waals surface area contributed by atoms with Crippen molar-refractivity contribution in [1.82, 2.24) is 0 Å². The van der Waals surface area contributed by atoms with E-state index >= 15 is 0 Å². The standard InChI is InChI=1S/C10H12/c1-2-3-7-10-8-5-4-6-9-10/h3-9H,2H2,1H3/b7-3+/i1D,7D. The van der Waals surface area contributed by atoms with Crippen LogP contribution < -0.4 is 0 Å². The summed E-state index contributed by atoms with van der Waals surface area (Å²) < 4.78 is 14.5. The van der Waals surface area contributed by atoms with Gasteiger partial charge >= 0.3 is 0 Å². The first-order valence-corrected chi connectivity index (χ1v) is 3.36. The molecule has 0 heteroatoms. The Balaban J connectivity index is 2.71. The number of hydrogen-bond acceptors (Lipinski definition) is 0. The lowest BCUT2D eigenvalue weighted by atomic mass is 10.2. The normalized spacial score (nSPS) is 14.2. The molecule has 0 fully saturated rings. The second-order valence-electron chi connectivity index (χ2n) is 2.00. The molecular formula is C10H12. The molecule has 0 atom stereocenters. The highest BCUT2D eigenvalue weighted by Gasteiger charge is 1.78. The molecule has 1 aromatic carbocycles. The van der Waals surface area contributed by atoms with Crippen LogP contribution in [-0.4, -0.2) is 0 Å². The van der Waals surface area contributed by atoms with E-state index in [0.29, 0.717) is 19.4 Å². The monoisotopic (exact) mass is 134 g/mol. The first-order chi connectivity index (χ1) is 5.84. The molecule has 0 saturated heterocycles. The molecule has 0 heterocycles. The first-order valence-electron chi connectivity index (χ1n) is 4.56. The fraction of sp³-hybridized carbons (Fsp3) is 0.200. The minimum Gasteiger partial charge on any atom is -0.0842 e. The van der Waals surface area contributed by atoms with Crippen molar-refractivity contribution in [3.05, 3.63) is 42.0 Å². The lowest BCUT2D eigenvalue weighted by Gasteiger charge is -1.88. The molecule has 0 nitrogen and oxygen atoms in total. The molecule has 0 aliphatic heterocycles. The van der Waals surface area contributed by atoms with Gasteiger partial charge in [0.15, 0.2) is 0 Å². The van der Waals surface area contributed by atoms with Gasteiger partial charge in [0.1, 0.15) is 0 Å². The zero-order valence-electron chi connectivity index (χ0n) is 7.88. The highest BCUT2D eigenvalue weighted by molar-refractivity contribution is 5.48. The average Bonchev–Trinajstić information content (AvgIpc) is 2.15. The second kappa shape index (κ2) is 3.89. The summed E-state index contributed by atoms with van der Waals surface area (Å²) in [6.07, 6.45) is 2.44. The molecule has 1 aromatic rings. The third-order valence-corrected chi connectivity index (χ3v) is 1.19. The van der Waals surface area contributed by atoms with E-state index in [1.807, 2.05) is 30.3 Å². The van der Waals surface area contributed by atoms with Crippen LogP contribution in [0.1, 0.15) is 21.6 Å². The molecule has 0 aliphatic rings. The minimum atomic E-state index is 0.356. The summed E-state index contributed by atoms with van der Waals surface area (Å²) in [4.78, 5) is 0. The van der Waals surface area contributed by atoms with Gasteiger partial charge < -0.3 is 0 Å². The van der Waals surface area contributed by atoms with Crippen LogP contribution in [-0.2, 0) is 0 Å². The van der Waals surface area contributed by atoms with Gasteiger partial charge in [-0.1, -0.05) is 49.4 Å². The molecule has 52 valence electrons. The van der Waals surface area contributed by atoms with E-state index in [1.165, 1.54) is 0 Å². The van der Waals surface area contributed by atoms with Crippen molar-refractivity contribution in [2.24, 2.45) is 0 Å². The van der Waals surface area contributed by atoms with Crippen molar-refractivity contribution in [2.45, 2.75) is 13.3 Å². The largest absolute Gasteiger partial charge is 0.0842 e. The molecule has 10 heavy (non-hydrogen) atoms. The summed E-state index contributed by atoms with van der Waals surface area (Å²) in [6.45, 7) is 0.356. The zero-order valence-corrected chi connectivity index (χ0v) is 5.88. The van der Waals surface area contributed by atoms with E-state index in [1.54, 1.807) is 6.08 Å². The molecule has 0 aromatic heterocycles. The Morgan fingerprint density at radius 2 is 2.30 bits per heavy atom. The van der Waals surface area contributed by atoms with Crippen LogP contribution >= 0.6 is 0 Å². The molecule has 0 amide bonds. The van der Waals surface area contributed by atoms with E-state index in [4.69, 9.17) is 2.74 Å². The van der Waals surface area contributed by atoms with Crippen molar-refractivity contribution in [1.29, 1.82) is 0 Å². The fourth-order valence-corrected chi connectivity index (χ4v) is 0.724. The van der Waals surface area contributed by atoms with Crippen LogP contribution in [0.4, 0.5) is 0 Å². The molecule has 0 saturated carbocycles. The molecule has 0 unspecified atom stereocenters. The van der Waals surface area contributed by atoms with Crippen molar-refractivity contribution in [3.63, 3.8) is 0 Å². The average molecular weight is 134 g/mol. The summed E-state index contributed by atoms with van der Waals surface area (Å²) in [5, 5.41) is 0. The lowest BCUT2D eigenvalue weighted by Crippen LogP contribution is -1.66. The van der Waals surface area contributed by atoms with Crippen molar-refractivity contribution < 1.29 is 2.74 Å². The highest BCUT2D eigenvalue weighted by Crippen LogP contribution is 2.00. The third kappa shape index (κ3) is 2.06. The van der Waals surface area contributed by atoms with Crippen LogP contribution in [0, 0.1) is 0 Å². The molecule has 0 aliphatic carbocycles. The second-order valence-corrected chi connectivity index (χ2v) is 2.00. The molecule has 0 N–H and O–H groups in total. The van der Waals surface area contributed by atoms with Gasteiger partial charge in [0, 0.05) is 1.37 Å². The van der Waals surface area contributed by atoms with Gasteiger partial charge in [-0.15, -0.1) is 0 Å². The van der Waals surface area contributed by atoms with Crippen LogP contribution in [0.25, 0.3) is 6.05 Å². The Bertz CT molecular complexity index is 252. The number of benzene rings is 1. The summed E-state index contributed by atoms with van der Waals surface area (Å²) in [5.74, 6) is 0. The van der Waals surface area contributed by atoms with Crippen LogP contribution in [0.2, 0.25) is 0 Å². The number of allylic oxidation sites excluding steroid dienone is 1. The molecular weight excluding hydrogens is 120 g/mol. The smallest absolute Gasteiger partial charge is 0.0626 e. The molecule has 0 spiro atoms. The lowest BCUT2D eigenvalue weighted by molar-refractivity contribution is 1.23. The first kappa shape index (κ1) is 4.73. The Hall–Kier alpha value is -1.04. The van der Waals surface area contributed by atoms with Gasteiger partial charge in [-0.2, -0.15) is 0 Å². The fourth-order valence-electron chi connectivity index (χ4n) is 0.724. The van der Waals surface area contributed by atoms with Crippen molar-refractivity contribution in [3.8, 4) is 0 Å². The predicted octanol–water partition coefficient (Wildman–Crippen LogP) is 3.11. The van der Waals surface area contributed by atoms with Gasteiger partial charge in [0.2, 0.25) is 0 Å². The van der Waals surface area contributed by atoms with E-state index < -0.39 is 0 Å². The third-order valence-electron chi connectivity index (χ3n) is 1.19. The van der Waals surface area contributed by atoms with E-state index in [9.17, 15) is 0 Å². The Kier molecular flexibility index (Phi) is 1.84. The van der Waals surface area contributed by atoms with E-state index in [-0.39, 0.29) is 0 Å². The van der Waals surface area contributed by atoms with Gasteiger partial charge in [0.25, 0.3) is 0 Å². The Labute approximate surface area is 65.0 Å². The zero-order chi connectivity index (χ0) is 8.81. The summed E-state index contributed by atoms with van der Waals surface area (Å²) >= 11 is 0.